The molecule has 1 aliphatic carbocycles. The van der Waals surface area contributed by atoms with E-state index in [0.717, 1.165) is 37.6 Å². The van der Waals surface area contributed by atoms with Crippen LogP contribution in [0.5, 0.6) is 0 Å². The number of benzene rings is 1. The molecule has 0 saturated heterocycles. The number of pyridine rings is 1. The van der Waals surface area contributed by atoms with Gasteiger partial charge in [-0.25, -0.2) is 4.98 Å². The van der Waals surface area contributed by atoms with Crippen LogP contribution in [0.4, 0.5) is 23.0 Å². The molecule has 1 fully saturated rings. The van der Waals surface area contributed by atoms with Crippen LogP contribution in [0.3, 0.4) is 0 Å². The summed E-state index contributed by atoms with van der Waals surface area (Å²) in [6.45, 7) is 0. The van der Waals surface area contributed by atoms with Gasteiger partial charge in [0.15, 0.2) is 5.69 Å². The van der Waals surface area contributed by atoms with Gasteiger partial charge in [-0.3, -0.25) is 9.59 Å². The van der Waals surface area contributed by atoms with Crippen LogP contribution in [0.2, 0.25) is 0 Å². The first kappa shape index (κ1) is 22.8. The molecule has 0 spiro atoms. The summed E-state index contributed by atoms with van der Waals surface area (Å²) in [5.74, 6) is -1.03. The molecule has 1 heterocycles. The van der Waals surface area contributed by atoms with Gasteiger partial charge >= 0.3 is 0 Å². The van der Waals surface area contributed by atoms with Crippen LogP contribution in [0.15, 0.2) is 35.4 Å². The van der Waals surface area contributed by atoms with Gasteiger partial charge in [0.1, 0.15) is 17.9 Å². The number of carbonyl (C=O) groups excluding carboxylic acids is 2. The number of primary amides is 2. The number of rotatable bonds is 9. The number of hydrogen-bond acceptors (Lipinski definition) is 8. The van der Waals surface area contributed by atoms with Crippen molar-refractivity contribution in [3.63, 3.8) is 0 Å². The van der Waals surface area contributed by atoms with E-state index in [4.69, 9.17) is 22.6 Å². The Morgan fingerprint density at radius 3 is 2.53 bits per heavy atom. The highest BCUT2D eigenvalue weighted by Crippen LogP contribution is 2.27. The van der Waals surface area contributed by atoms with Gasteiger partial charge in [-0.05, 0) is 25.0 Å². The Balaban J connectivity index is 1.96. The topological polar surface area (TPSA) is 202 Å². The molecule has 2 unspecified atom stereocenters. The monoisotopic (exact) mass is 438 g/mol. The fraction of sp³-hybridized carbons (Fsp3) is 0.286. The number of nitrogens with two attached hydrogens (primary N) is 4. The molecule has 2 atom stereocenters. The fourth-order valence-electron chi connectivity index (χ4n) is 3.61. The minimum Gasteiger partial charge on any atom is -0.365 e. The highest BCUT2D eigenvalue weighted by Gasteiger charge is 2.25. The van der Waals surface area contributed by atoms with Crippen molar-refractivity contribution in [2.75, 3.05) is 10.6 Å². The van der Waals surface area contributed by atoms with Crippen LogP contribution in [-0.4, -0.2) is 41.3 Å². The third-order valence-corrected chi connectivity index (χ3v) is 5.23. The smallest absolute Gasteiger partial charge is 0.252 e. The standard InChI is InChI=1S/C21H27N9O2/c22-8-9-26-30-13-5-3-4-12(10-13)27-20-14(18(24)31)11-15(19(25)32)21(29-20)28-17-7-2-1-6-16(17)23/h3-5,8-11,16-17,22,30H,1-2,6-7,23H2,(H2,24,31)(H2,25,32)(H2,27,28,29)/p+1. The molecule has 32 heavy (non-hydrogen) atoms. The largest absolute Gasteiger partial charge is 0.365 e. The zero-order valence-corrected chi connectivity index (χ0v) is 17.5. The normalized spacial score (nSPS) is 18.3. The number of nitrogens with one attached hydrogen (secondary N) is 3. The van der Waals surface area contributed by atoms with Crippen molar-refractivity contribution in [2.45, 2.75) is 37.8 Å². The number of quaternary nitrogens is 1. The van der Waals surface area contributed by atoms with E-state index in [1.54, 1.807) is 23.6 Å². The first-order valence-electron chi connectivity index (χ1n) is 10.3. The Morgan fingerprint density at radius 2 is 1.84 bits per heavy atom. The highest BCUT2D eigenvalue weighted by atomic mass is 16.1. The van der Waals surface area contributed by atoms with Gasteiger partial charge < -0.3 is 33.2 Å². The fourth-order valence-corrected chi connectivity index (χ4v) is 3.61. The summed E-state index contributed by atoms with van der Waals surface area (Å²) in [4.78, 5) is 28.6. The van der Waals surface area contributed by atoms with Crippen molar-refractivity contribution in [3.05, 3.63) is 41.5 Å². The first-order chi connectivity index (χ1) is 15.4. The van der Waals surface area contributed by atoms with Crippen LogP contribution in [-0.2, 0) is 0 Å². The molecule has 0 aliphatic heterocycles. The summed E-state index contributed by atoms with van der Waals surface area (Å²) < 4.78 is 0. The van der Waals surface area contributed by atoms with Gasteiger partial charge in [-0.1, -0.05) is 24.0 Å². The third-order valence-electron chi connectivity index (χ3n) is 5.23. The second kappa shape index (κ2) is 10.5. The van der Waals surface area contributed by atoms with E-state index >= 15 is 0 Å². The molecule has 3 rings (SSSR count). The van der Waals surface area contributed by atoms with Gasteiger partial charge in [0.25, 0.3) is 11.8 Å². The number of hydrogen-bond donors (Lipinski definition) is 7. The Kier molecular flexibility index (Phi) is 7.47. The molecule has 1 aromatic carbocycles. The Labute approximate surface area is 185 Å². The summed E-state index contributed by atoms with van der Waals surface area (Å²) in [6, 6.07) is 8.42. The van der Waals surface area contributed by atoms with E-state index < -0.39 is 11.8 Å². The van der Waals surface area contributed by atoms with Crippen LogP contribution in [0.25, 0.3) is 0 Å². The van der Waals surface area contributed by atoms with E-state index in [-0.39, 0.29) is 34.8 Å². The molecule has 0 bridgehead atoms. The van der Waals surface area contributed by atoms with E-state index in [0.29, 0.717) is 5.69 Å². The average Bonchev–Trinajstić information content (AvgIpc) is 2.75. The lowest BCUT2D eigenvalue weighted by Gasteiger charge is -2.30. The van der Waals surface area contributed by atoms with Gasteiger partial charge in [0, 0.05) is 36.1 Å². The summed E-state index contributed by atoms with van der Waals surface area (Å²) in [6.07, 6.45) is 6.22. The maximum absolute atomic E-state index is 12.1. The van der Waals surface area contributed by atoms with E-state index in [9.17, 15) is 9.59 Å². The van der Waals surface area contributed by atoms with Crippen molar-refractivity contribution in [2.24, 2.45) is 22.3 Å². The lowest BCUT2D eigenvalue weighted by atomic mass is 9.91. The maximum atomic E-state index is 12.1. The van der Waals surface area contributed by atoms with Crippen molar-refractivity contribution in [3.8, 4) is 0 Å². The molecular weight excluding hydrogens is 410 g/mol. The van der Waals surface area contributed by atoms with Gasteiger partial charge in [0.05, 0.1) is 11.1 Å². The summed E-state index contributed by atoms with van der Waals surface area (Å²) in [5, 5.41) is 17.3. The molecule has 1 aliphatic rings. The predicted molar refractivity (Wildman–Crippen MR) is 124 cm³/mol. The summed E-state index contributed by atoms with van der Waals surface area (Å²) in [7, 11) is 0. The number of carbonyl (C=O) groups is 2. The summed E-state index contributed by atoms with van der Waals surface area (Å²) >= 11 is 0. The first-order valence-corrected chi connectivity index (χ1v) is 10.3. The average molecular weight is 439 g/mol. The zero-order chi connectivity index (χ0) is 23.1. The Morgan fingerprint density at radius 1 is 1.12 bits per heavy atom. The predicted octanol–water partition coefficient (Wildman–Crippen LogP) is 0.535. The molecule has 11 N–H and O–H groups in total. The maximum Gasteiger partial charge on any atom is 0.252 e. The molecule has 2 aromatic rings. The number of anilines is 3. The van der Waals surface area contributed by atoms with Crippen molar-refractivity contribution < 1.29 is 15.0 Å². The Bertz CT molecular complexity index is 1040. The lowest BCUT2D eigenvalue weighted by Crippen LogP contribution is -2.71. The van der Waals surface area contributed by atoms with Gasteiger partial charge in [-0.15, -0.1) is 0 Å². The highest BCUT2D eigenvalue weighted by molar-refractivity contribution is 6.14. The number of amides is 2. The van der Waals surface area contributed by atoms with Crippen molar-refractivity contribution >= 4 is 47.3 Å². The molecule has 0 radical (unpaired) electrons. The number of nitrogens with zero attached hydrogens (tertiary/aromatic N) is 2. The lowest BCUT2D eigenvalue weighted by molar-refractivity contribution is -0.576. The molecule has 11 heteroatoms. The SMILES string of the molecule is N=CC=N[NH2+]c1cccc(Nc2nc(NC3CCCCC3N)c(C(N)=O)cc2C(N)=O)c1. The molecular formula is C21H28N9O2+. The minimum atomic E-state index is -0.748. The second-order valence-electron chi connectivity index (χ2n) is 7.55. The molecule has 1 aromatic heterocycles. The third kappa shape index (κ3) is 5.65. The summed E-state index contributed by atoms with van der Waals surface area (Å²) in [5.41, 5.74) is 20.4. The van der Waals surface area contributed by atoms with Crippen LogP contribution >= 0.6 is 0 Å². The van der Waals surface area contributed by atoms with Gasteiger partial charge in [0.2, 0.25) is 0 Å². The van der Waals surface area contributed by atoms with E-state index in [1.807, 2.05) is 6.07 Å². The van der Waals surface area contributed by atoms with E-state index in [1.165, 1.54) is 12.3 Å². The van der Waals surface area contributed by atoms with E-state index in [2.05, 4.69) is 20.7 Å². The zero-order valence-electron chi connectivity index (χ0n) is 17.5. The molecule has 168 valence electrons. The van der Waals surface area contributed by atoms with Crippen molar-refractivity contribution in [1.29, 1.82) is 5.41 Å². The second-order valence-corrected chi connectivity index (χ2v) is 7.55. The van der Waals surface area contributed by atoms with Crippen LogP contribution in [0.1, 0.15) is 46.4 Å². The minimum absolute atomic E-state index is 0.0357. The molecule has 1 saturated carbocycles. The van der Waals surface area contributed by atoms with Crippen LogP contribution in [0, 0.1) is 5.41 Å². The quantitative estimate of drug-likeness (QED) is 0.129. The van der Waals surface area contributed by atoms with Gasteiger partial charge in [-0.2, -0.15) is 5.43 Å². The Hall–Kier alpha value is -3.83. The molecule has 2 amide bonds. The van der Waals surface area contributed by atoms with Crippen LogP contribution < -0.4 is 33.3 Å². The molecule has 11 nitrogen and oxygen atoms in total. The number of aromatic nitrogens is 1. The van der Waals surface area contributed by atoms with Crippen molar-refractivity contribution in [1.82, 2.24) is 4.98 Å².